The summed E-state index contributed by atoms with van der Waals surface area (Å²) in [6.45, 7) is 1.75. The van der Waals surface area contributed by atoms with E-state index < -0.39 is 35.2 Å². The van der Waals surface area contributed by atoms with Gasteiger partial charge in [-0.25, -0.2) is 9.78 Å². The number of aryl methyl sites for hydroxylation is 1. The van der Waals surface area contributed by atoms with Crippen LogP contribution in [0.15, 0.2) is 60.7 Å². The van der Waals surface area contributed by atoms with Gasteiger partial charge in [-0.05, 0) is 61.5 Å². The first kappa shape index (κ1) is 28.3. The van der Waals surface area contributed by atoms with Gasteiger partial charge >= 0.3 is 18.4 Å². The van der Waals surface area contributed by atoms with Gasteiger partial charge < -0.3 is 24.8 Å². The van der Waals surface area contributed by atoms with Crippen molar-refractivity contribution in [2.24, 2.45) is 0 Å². The van der Waals surface area contributed by atoms with Crippen LogP contribution in [0.4, 0.5) is 42.5 Å². The summed E-state index contributed by atoms with van der Waals surface area (Å²) >= 11 is 0. The van der Waals surface area contributed by atoms with Crippen molar-refractivity contribution < 1.29 is 45.3 Å². The van der Waals surface area contributed by atoms with E-state index in [-0.39, 0.29) is 11.8 Å². The van der Waals surface area contributed by atoms with Crippen molar-refractivity contribution in [3.05, 3.63) is 77.5 Å². The number of nitrogens with zero attached hydrogens (tertiary/aromatic N) is 1. The van der Waals surface area contributed by atoms with Crippen LogP contribution in [-0.4, -0.2) is 25.2 Å². The molecule has 1 heterocycles. The van der Waals surface area contributed by atoms with Gasteiger partial charge in [-0.15, -0.1) is 0 Å². The van der Waals surface area contributed by atoms with Crippen LogP contribution in [0.1, 0.15) is 16.8 Å². The van der Waals surface area contributed by atoms with Crippen LogP contribution in [0.3, 0.4) is 0 Å². The van der Waals surface area contributed by atoms with Gasteiger partial charge in [-0.1, -0.05) is 0 Å². The molecule has 0 aliphatic rings. The highest BCUT2D eigenvalue weighted by Gasteiger charge is 2.37. The number of rotatable bonds is 6. The number of ether oxygens (including phenoxy) is 3. The quantitative estimate of drug-likeness (QED) is 0.231. The second-order valence-electron chi connectivity index (χ2n) is 8.47. The van der Waals surface area contributed by atoms with Crippen LogP contribution in [-0.2, 0) is 12.4 Å². The molecular weight excluding hydrogens is 544 g/mol. The van der Waals surface area contributed by atoms with Gasteiger partial charge in [0.1, 0.15) is 11.5 Å². The Balaban J connectivity index is 1.48. The maximum atomic E-state index is 13.1. The molecule has 210 valence electrons. The van der Waals surface area contributed by atoms with Gasteiger partial charge in [0.2, 0.25) is 0 Å². The zero-order valence-corrected chi connectivity index (χ0v) is 21.1. The van der Waals surface area contributed by atoms with Crippen LogP contribution >= 0.6 is 0 Å². The Labute approximate surface area is 223 Å². The zero-order valence-electron chi connectivity index (χ0n) is 21.1. The molecule has 0 radical (unpaired) electrons. The van der Waals surface area contributed by atoms with Crippen LogP contribution < -0.4 is 24.8 Å². The fourth-order valence-corrected chi connectivity index (χ4v) is 3.73. The maximum absolute atomic E-state index is 13.1. The summed E-state index contributed by atoms with van der Waals surface area (Å²) in [5.74, 6) is 1.86. The lowest BCUT2D eigenvalue weighted by Gasteiger charge is -2.15. The number of hydrogen-bond acceptors (Lipinski definition) is 5. The number of carbonyl (C=O) groups excluding carboxylic acids is 1. The lowest BCUT2D eigenvalue weighted by Crippen LogP contribution is -2.20. The highest BCUT2D eigenvalue weighted by atomic mass is 19.4. The third-order valence-corrected chi connectivity index (χ3v) is 5.65. The summed E-state index contributed by atoms with van der Waals surface area (Å²) in [4.78, 5) is 16.8. The zero-order chi connectivity index (χ0) is 29.2. The summed E-state index contributed by atoms with van der Waals surface area (Å²) in [7, 11) is 3.03. The molecule has 0 fully saturated rings. The SMILES string of the molecule is COc1cc2cc(Oc3ccc(NC(=O)Nc4cc(C(F)(F)F)cc(C(F)(F)F)c4)cc3)c(C)nc2cc1OC. The molecule has 2 N–H and O–H groups in total. The number of fused-ring (bicyclic) bond motifs is 1. The summed E-state index contributed by atoms with van der Waals surface area (Å²) < 4.78 is 94.9. The number of halogens is 6. The molecule has 0 saturated heterocycles. The van der Waals surface area contributed by atoms with E-state index in [1.807, 2.05) is 5.32 Å². The Morgan fingerprint density at radius 2 is 1.25 bits per heavy atom. The highest BCUT2D eigenvalue weighted by molar-refractivity contribution is 5.99. The first-order chi connectivity index (χ1) is 18.8. The number of amides is 2. The number of methoxy groups -OCH3 is 2. The van der Waals surface area contributed by atoms with E-state index >= 15 is 0 Å². The van der Waals surface area contributed by atoms with Gasteiger partial charge in [-0.2, -0.15) is 26.3 Å². The molecule has 4 rings (SSSR count). The van der Waals surface area contributed by atoms with E-state index in [0.717, 1.165) is 5.39 Å². The average molecular weight is 565 g/mol. The van der Waals surface area contributed by atoms with Crippen molar-refractivity contribution in [3.8, 4) is 23.0 Å². The first-order valence-corrected chi connectivity index (χ1v) is 11.5. The fraction of sp³-hybridized carbons (Fsp3) is 0.185. The molecule has 0 unspecified atom stereocenters. The second-order valence-corrected chi connectivity index (χ2v) is 8.47. The molecule has 3 aromatic carbocycles. The molecule has 0 spiro atoms. The van der Waals surface area contributed by atoms with Crippen molar-refractivity contribution in [1.29, 1.82) is 0 Å². The predicted octanol–water partition coefficient (Wildman–Crippen LogP) is 8.03. The Bertz CT molecular complexity index is 1520. The van der Waals surface area contributed by atoms with Crippen molar-refractivity contribution in [2.75, 3.05) is 24.9 Å². The molecule has 0 aliphatic carbocycles. The van der Waals surface area contributed by atoms with E-state index in [2.05, 4.69) is 10.3 Å². The lowest BCUT2D eigenvalue weighted by atomic mass is 10.1. The molecule has 0 atom stereocenters. The third kappa shape index (κ3) is 6.47. The topological polar surface area (TPSA) is 81.7 Å². The number of urea groups is 1. The summed E-state index contributed by atoms with van der Waals surface area (Å²) in [6, 6.07) is 10.9. The Kier molecular flexibility index (Phi) is 7.67. The van der Waals surface area contributed by atoms with Crippen LogP contribution in [0.25, 0.3) is 10.9 Å². The van der Waals surface area contributed by atoms with Crippen molar-refractivity contribution in [2.45, 2.75) is 19.3 Å². The number of aromatic nitrogens is 1. The lowest BCUT2D eigenvalue weighted by molar-refractivity contribution is -0.143. The van der Waals surface area contributed by atoms with E-state index in [4.69, 9.17) is 14.2 Å². The minimum absolute atomic E-state index is 0.0259. The monoisotopic (exact) mass is 565 g/mol. The van der Waals surface area contributed by atoms with Crippen molar-refractivity contribution in [1.82, 2.24) is 4.98 Å². The van der Waals surface area contributed by atoms with Gasteiger partial charge in [-0.3, -0.25) is 0 Å². The highest BCUT2D eigenvalue weighted by Crippen LogP contribution is 2.38. The number of benzene rings is 3. The van der Waals surface area contributed by atoms with Gasteiger partial charge in [0, 0.05) is 22.8 Å². The van der Waals surface area contributed by atoms with Crippen LogP contribution in [0, 0.1) is 6.92 Å². The van der Waals surface area contributed by atoms with E-state index in [9.17, 15) is 31.1 Å². The largest absolute Gasteiger partial charge is 0.493 e. The normalized spacial score (nSPS) is 11.7. The number of pyridine rings is 1. The molecule has 7 nitrogen and oxygen atoms in total. The van der Waals surface area contributed by atoms with Gasteiger partial charge in [0.25, 0.3) is 0 Å². The second kappa shape index (κ2) is 10.8. The van der Waals surface area contributed by atoms with Crippen LogP contribution in [0.2, 0.25) is 0 Å². The summed E-state index contributed by atoms with van der Waals surface area (Å²) in [6.07, 6.45) is -10.1. The number of carbonyl (C=O) groups is 1. The molecule has 13 heteroatoms. The maximum Gasteiger partial charge on any atom is 0.416 e. The van der Waals surface area contributed by atoms with E-state index in [1.165, 1.54) is 38.5 Å². The summed E-state index contributed by atoms with van der Waals surface area (Å²) in [5, 5.41) is 5.09. The average Bonchev–Trinajstić information content (AvgIpc) is 2.88. The Hall–Kier alpha value is -4.68. The first-order valence-electron chi connectivity index (χ1n) is 11.5. The number of hydrogen-bond donors (Lipinski definition) is 2. The Morgan fingerprint density at radius 3 is 1.80 bits per heavy atom. The molecular formula is C27H21F6N3O4. The van der Waals surface area contributed by atoms with Crippen LogP contribution in [0.5, 0.6) is 23.0 Å². The van der Waals surface area contributed by atoms with E-state index in [0.29, 0.717) is 46.3 Å². The standard InChI is InChI=1S/C27H21F6N3O4/c1-14-22(8-15-9-23(38-2)24(39-3)13-21(15)34-14)40-20-6-4-18(5-7-20)35-25(37)36-19-11-16(26(28,29)30)10-17(12-19)27(31,32)33/h4-13H,1-3H3,(H2,35,36,37). The van der Waals surface area contributed by atoms with Crippen molar-refractivity contribution >= 4 is 28.3 Å². The molecule has 40 heavy (non-hydrogen) atoms. The number of nitrogens with one attached hydrogen (secondary N) is 2. The van der Waals surface area contributed by atoms with Gasteiger partial charge in [0.15, 0.2) is 11.5 Å². The van der Waals surface area contributed by atoms with E-state index in [1.54, 1.807) is 25.1 Å². The molecule has 2 amide bonds. The molecule has 0 bridgehead atoms. The smallest absolute Gasteiger partial charge is 0.416 e. The minimum atomic E-state index is -5.04. The molecule has 4 aromatic rings. The summed E-state index contributed by atoms with van der Waals surface area (Å²) in [5.41, 5.74) is -2.31. The Morgan fingerprint density at radius 1 is 0.725 bits per heavy atom. The molecule has 0 saturated carbocycles. The van der Waals surface area contributed by atoms with Crippen molar-refractivity contribution in [3.63, 3.8) is 0 Å². The predicted molar refractivity (Wildman–Crippen MR) is 135 cm³/mol. The number of alkyl halides is 6. The third-order valence-electron chi connectivity index (χ3n) is 5.65. The molecule has 0 aliphatic heterocycles. The minimum Gasteiger partial charge on any atom is -0.493 e. The molecule has 1 aromatic heterocycles. The van der Waals surface area contributed by atoms with Gasteiger partial charge in [0.05, 0.1) is 36.6 Å². The number of anilines is 2. The fourth-order valence-electron chi connectivity index (χ4n) is 3.73.